The highest BCUT2D eigenvalue weighted by Crippen LogP contribution is 2.27. The first-order chi connectivity index (χ1) is 11.2. The van der Waals surface area contributed by atoms with Crippen LogP contribution in [-0.4, -0.2) is 25.5 Å². The lowest BCUT2D eigenvalue weighted by Crippen LogP contribution is -3.14. The van der Waals surface area contributed by atoms with Crippen molar-refractivity contribution in [1.82, 2.24) is 0 Å². The van der Waals surface area contributed by atoms with E-state index in [0.29, 0.717) is 6.54 Å². The van der Waals surface area contributed by atoms with E-state index in [4.69, 9.17) is 0 Å². The molecule has 3 rings (SSSR count). The van der Waals surface area contributed by atoms with Crippen LogP contribution in [0, 0.1) is 5.92 Å². The molecule has 1 fully saturated rings. The minimum Gasteiger partial charge on any atom is -0.327 e. The van der Waals surface area contributed by atoms with Gasteiger partial charge in [0.1, 0.15) is 0 Å². The van der Waals surface area contributed by atoms with Crippen LogP contribution < -0.4 is 10.2 Å². The zero-order chi connectivity index (χ0) is 16.1. The van der Waals surface area contributed by atoms with Crippen LogP contribution in [-0.2, 0) is 4.79 Å². The highest BCUT2D eigenvalue weighted by atomic mass is 16.2. The number of hydrogen-bond acceptors (Lipinski definition) is 1. The molecular formula is C20H25N2O+. The van der Waals surface area contributed by atoms with E-state index in [0.717, 1.165) is 35.8 Å². The minimum atomic E-state index is 0.109. The smallest absolute Gasteiger partial charge is 0.279 e. The monoisotopic (exact) mass is 309 g/mol. The first-order valence-corrected chi connectivity index (χ1v) is 8.50. The van der Waals surface area contributed by atoms with Gasteiger partial charge in [0.25, 0.3) is 5.91 Å². The number of rotatable bonds is 4. The van der Waals surface area contributed by atoms with Crippen LogP contribution in [0.4, 0.5) is 5.69 Å². The van der Waals surface area contributed by atoms with E-state index in [9.17, 15) is 4.79 Å². The summed E-state index contributed by atoms with van der Waals surface area (Å²) in [5.74, 6) is 0.915. The molecule has 2 aromatic rings. The maximum absolute atomic E-state index is 12.4. The number of carbonyl (C=O) groups excluding carboxylic acids is 1. The Morgan fingerprint density at radius 1 is 1.04 bits per heavy atom. The van der Waals surface area contributed by atoms with E-state index in [1.165, 1.54) is 17.7 Å². The average molecular weight is 309 g/mol. The summed E-state index contributed by atoms with van der Waals surface area (Å²) in [4.78, 5) is 13.8. The molecule has 0 atom stereocenters. The Kier molecular flexibility index (Phi) is 5.09. The van der Waals surface area contributed by atoms with E-state index in [2.05, 4.69) is 30.4 Å². The molecule has 1 amide bonds. The minimum absolute atomic E-state index is 0.109. The maximum atomic E-state index is 12.4. The standard InChI is InChI=1S/C20H24N2O/c1-16-11-13-22(14-12-16)15-20(23)21-19-10-6-5-9-18(19)17-7-3-2-4-8-17/h2-10,16H,11-15H2,1H3,(H,21,23)/p+1. The third-order valence-electron chi connectivity index (χ3n) is 4.68. The molecule has 3 heteroatoms. The van der Waals surface area contributed by atoms with E-state index in [1.54, 1.807) is 0 Å². The van der Waals surface area contributed by atoms with E-state index in [1.807, 2.05) is 36.4 Å². The second kappa shape index (κ2) is 7.42. The number of para-hydroxylation sites is 1. The largest absolute Gasteiger partial charge is 0.327 e. The van der Waals surface area contributed by atoms with E-state index >= 15 is 0 Å². The molecule has 120 valence electrons. The molecule has 1 aliphatic heterocycles. The van der Waals surface area contributed by atoms with Gasteiger partial charge in [0, 0.05) is 11.3 Å². The molecule has 2 N–H and O–H groups in total. The van der Waals surface area contributed by atoms with Crippen LogP contribution in [0.5, 0.6) is 0 Å². The predicted octanol–water partition coefficient (Wildman–Crippen LogP) is 2.61. The van der Waals surface area contributed by atoms with Gasteiger partial charge in [0.2, 0.25) is 0 Å². The number of amides is 1. The zero-order valence-corrected chi connectivity index (χ0v) is 13.7. The number of likely N-dealkylation sites (tertiary alicyclic amines) is 1. The lowest BCUT2D eigenvalue weighted by molar-refractivity contribution is -0.897. The van der Waals surface area contributed by atoms with Crippen molar-refractivity contribution in [2.75, 3.05) is 25.0 Å². The molecule has 0 saturated carbocycles. The van der Waals surface area contributed by atoms with Crippen LogP contribution in [0.1, 0.15) is 19.8 Å². The summed E-state index contributed by atoms with van der Waals surface area (Å²) in [6.45, 7) is 5.08. The number of carbonyl (C=O) groups is 1. The number of nitrogens with one attached hydrogen (secondary N) is 2. The summed E-state index contributed by atoms with van der Waals surface area (Å²) >= 11 is 0. The molecule has 23 heavy (non-hydrogen) atoms. The Bertz CT molecular complexity index is 646. The molecule has 0 radical (unpaired) electrons. The quantitative estimate of drug-likeness (QED) is 0.894. The molecule has 0 unspecified atom stereocenters. The number of anilines is 1. The van der Waals surface area contributed by atoms with Gasteiger partial charge in [0.05, 0.1) is 13.1 Å². The van der Waals surface area contributed by atoms with Crippen molar-refractivity contribution in [1.29, 1.82) is 0 Å². The van der Waals surface area contributed by atoms with Gasteiger partial charge in [-0.3, -0.25) is 4.79 Å². The molecule has 1 heterocycles. The van der Waals surface area contributed by atoms with Gasteiger partial charge in [-0.05, 0) is 30.4 Å². The van der Waals surface area contributed by atoms with E-state index in [-0.39, 0.29) is 5.91 Å². The number of hydrogen-bond donors (Lipinski definition) is 2. The maximum Gasteiger partial charge on any atom is 0.279 e. The molecular weight excluding hydrogens is 284 g/mol. The SMILES string of the molecule is CC1CC[NH+](CC(=O)Nc2ccccc2-c2ccccc2)CC1. The van der Waals surface area contributed by atoms with Gasteiger partial charge in [-0.25, -0.2) is 0 Å². The van der Waals surface area contributed by atoms with Crippen molar-refractivity contribution in [2.45, 2.75) is 19.8 Å². The van der Waals surface area contributed by atoms with Gasteiger partial charge in [-0.1, -0.05) is 55.5 Å². The van der Waals surface area contributed by atoms with Crippen LogP contribution in [0.2, 0.25) is 0 Å². The normalized spacial score (nSPS) is 20.9. The van der Waals surface area contributed by atoms with Gasteiger partial charge in [-0.2, -0.15) is 0 Å². The van der Waals surface area contributed by atoms with Crippen LogP contribution in [0.15, 0.2) is 54.6 Å². The van der Waals surface area contributed by atoms with Gasteiger partial charge >= 0.3 is 0 Å². The van der Waals surface area contributed by atoms with Gasteiger partial charge in [0.15, 0.2) is 6.54 Å². The van der Waals surface area contributed by atoms with Gasteiger partial charge < -0.3 is 10.2 Å². The molecule has 1 aliphatic rings. The van der Waals surface area contributed by atoms with Crippen LogP contribution >= 0.6 is 0 Å². The first-order valence-electron chi connectivity index (χ1n) is 8.50. The third kappa shape index (κ3) is 4.20. The third-order valence-corrected chi connectivity index (χ3v) is 4.68. The zero-order valence-electron chi connectivity index (χ0n) is 13.7. The topological polar surface area (TPSA) is 33.5 Å². The summed E-state index contributed by atoms with van der Waals surface area (Å²) in [5.41, 5.74) is 3.10. The lowest BCUT2D eigenvalue weighted by Gasteiger charge is -2.26. The average Bonchev–Trinajstić information content (AvgIpc) is 2.58. The molecule has 0 bridgehead atoms. The molecule has 2 aromatic carbocycles. The molecule has 1 saturated heterocycles. The van der Waals surface area contributed by atoms with Crippen molar-refractivity contribution in [3.8, 4) is 11.1 Å². The van der Waals surface area contributed by atoms with Crippen LogP contribution in [0.25, 0.3) is 11.1 Å². The summed E-state index contributed by atoms with van der Waals surface area (Å²) in [6, 6.07) is 18.2. The van der Waals surface area contributed by atoms with Crippen molar-refractivity contribution in [2.24, 2.45) is 5.92 Å². The van der Waals surface area contributed by atoms with Crippen molar-refractivity contribution in [3.63, 3.8) is 0 Å². The van der Waals surface area contributed by atoms with Crippen LogP contribution in [0.3, 0.4) is 0 Å². The lowest BCUT2D eigenvalue weighted by atomic mass is 9.99. The molecule has 0 aromatic heterocycles. The summed E-state index contributed by atoms with van der Waals surface area (Å²) < 4.78 is 0. The van der Waals surface area contributed by atoms with Crippen molar-refractivity contribution in [3.05, 3.63) is 54.6 Å². The fourth-order valence-corrected chi connectivity index (χ4v) is 3.23. The van der Waals surface area contributed by atoms with Crippen molar-refractivity contribution >= 4 is 11.6 Å². The molecule has 0 aliphatic carbocycles. The summed E-state index contributed by atoms with van der Waals surface area (Å²) in [5, 5.41) is 3.11. The van der Waals surface area contributed by atoms with E-state index < -0.39 is 0 Å². The first kappa shape index (κ1) is 15.8. The fraction of sp³-hybridized carbons (Fsp3) is 0.350. The van der Waals surface area contributed by atoms with Crippen molar-refractivity contribution < 1.29 is 9.69 Å². The molecule has 0 spiro atoms. The highest BCUT2D eigenvalue weighted by molar-refractivity contribution is 5.96. The second-order valence-electron chi connectivity index (χ2n) is 6.57. The number of quaternary nitrogens is 1. The fourth-order valence-electron chi connectivity index (χ4n) is 3.23. The second-order valence-corrected chi connectivity index (χ2v) is 6.57. The predicted molar refractivity (Wildman–Crippen MR) is 94.5 cm³/mol. The Labute approximate surface area is 138 Å². The number of benzene rings is 2. The highest BCUT2D eigenvalue weighted by Gasteiger charge is 2.21. The Morgan fingerprint density at radius 3 is 2.43 bits per heavy atom. The number of piperidine rings is 1. The Hall–Kier alpha value is -2.13. The summed E-state index contributed by atoms with van der Waals surface area (Å²) in [6.07, 6.45) is 2.45. The Balaban J connectivity index is 1.67. The molecule has 3 nitrogen and oxygen atoms in total. The summed E-state index contributed by atoms with van der Waals surface area (Å²) in [7, 11) is 0. The van der Waals surface area contributed by atoms with Gasteiger partial charge in [-0.15, -0.1) is 0 Å². The Morgan fingerprint density at radius 2 is 1.70 bits per heavy atom.